The minimum absolute atomic E-state index is 0.349. The first-order chi connectivity index (χ1) is 10.8. The van der Waals surface area contributed by atoms with Crippen LogP contribution >= 0.6 is 0 Å². The molecule has 3 rings (SSSR count). The van der Waals surface area contributed by atoms with Crippen LogP contribution in [-0.4, -0.2) is 27.8 Å². The number of anilines is 1. The van der Waals surface area contributed by atoms with E-state index in [0.717, 1.165) is 36.1 Å². The number of benzene rings is 1. The minimum Gasteiger partial charge on any atom is -0.497 e. The predicted octanol–water partition coefficient (Wildman–Crippen LogP) is 1.55. The normalized spacial score (nSPS) is 14.5. The molecule has 0 saturated carbocycles. The highest BCUT2D eigenvalue weighted by atomic mass is 16.5. The van der Waals surface area contributed by atoms with Crippen LogP contribution < -0.4 is 15.8 Å². The number of methoxy groups -OCH3 is 1. The number of guanidine groups is 1. The van der Waals surface area contributed by atoms with Crippen LogP contribution in [0.25, 0.3) is 0 Å². The van der Waals surface area contributed by atoms with Gasteiger partial charge in [-0.2, -0.15) is 0 Å². The SMILES string of the molecule is COc1cccc(NC(N)=NCc2nnc3n2CCCC3)c1. The summed E-state index contributed by atoms with van der Waals surface area (Å²) in [5, 5.41) is 11.5. The number of hydrogen-bond donors (Lipinski definition) is 2. The van der Waals surface area contributed by atoms with Gasteiger partial charge in [0.1, 0.15) is 18.1 Å². The van der Waals surface area contributed by atoms with Gasteiger partial charge in [-0.3, -0.25) is 0 Å². The maximum atomic E-state index is 5.93. The number of rotatable bonds is 4. The molecule has 0 saturated heterocycles. The second kappa shape index (κ2) is 6.46. The molecule has 7 nitrogen and oxygen atoms in total. The topological polar surface area (TPSA) is 90.3 Å². The fourth-order valence-electron chi connectivity index (χ4n) is 2.53. The summed E-state index contributed by atoms with van der Waals surface area (Å²) in [5.74, 6) is 3.03. The van der Waals surface area contributed by atoms with E-state index in [4.69, 9.17) is 10.5 Å². The van der Waals surface area contributed by atoms with E-state index in [1.54, 1.807) is 7.11 Å². The Bertz CT molecular complexity index is 678. The number of aryl methyl sites for hydroxylation is 1. The summed E-state index contributed by atoms with van der Waals surface area (Å²) >= 11 is 0. The Kier molecular flexibility index (Phi) is 4.22. The third kappa shape index (κ3) is 3.19. The molecule has 0 fully saturated rings. The first-order valence-electron chi connectivity index (χ1n) is 7.38. The Morgan fingerprint density at radius 2 is 2.32 bits per heavy atom. The van der Waals surface area contributed by atoms with Crippen LogP contribution in [-0.2, 0) is 19.5 Å². The summed E-state index contributed by atoms with van der Waals surface area (Å²) in [4.78, 5) is 4.34. The molecule has 1 aliphatic heterocycles. The molecule has 2 heterocycles. The molecule has 116 valence electrons. The van der Waals surface area contributed by atoms with Crippen molar-refractivity contribution < 1.29 is 4.74 Å². The number of nitrogens with one attached hydrogen (secondary N) is 1. The molecule has 0 atom stereocenters. The van der Waals surface area contributed by atoms with Gasteiger partial charge in [0.15, 0.2) is 11.8 Å². The summed E-state index contributed by atoms with van der Waals surface area (Å²) in [7, 11) is 1.63. The van der Waals surface area contributed by atoms with Crippen LogP contribution in [0.2, 0.25) is 0 Å². The lowest BCUT2D eigenvalue weighted by Gasteiger charge is -2.14. The number of nitrogens with two attached hydrogens (primary N) is 1. The van der Waals surface area contributed by atoms with Crippen molar-refractivity contribution in [2.24, 2.45) is 10.7 Å². The Hall–Kier alpha value is -2.57. The zero-order chi connectivity index (χ0) is 15.4. The van der Waals surface area contributed by atoms with Crippen molar-refractivity contribution in [2.75, 3.05) is 12.4 Å². The van der Waals surface area contributed by atoms with Crippen molar-refractivity contribution in [3.8, 4) is 5.75 Å². The molecule has 0 unspecified atom stereocenters. The van der Waals surface area contributed by atoms with Crippen LogP contribution in [0.15, 0.2) is 29.3 Å². The number of aliphatic imine (C=N–C) groups is 1. The number of hydrogen-bond acceptors (Lipinski definition) is 4. The van der Waals surface area contributed by atoms with E-state index in [-0.39, 0.29) is 0 Å². The average molecular weight is 300 g/mol. The number of nitrogens with zero attached hydrogens (tertiary/aromatic N) is 4. The fraction of sp³-hybridized carbons (Fsp3) is 0.400. The van der Waals surface area contributed by atoms with E-state index in [0.29, 0.717) is 12.5 Å². The van der Waals surface area contributed by atoms with Gasteiger partial charge < -0.3 is 20.4 Å². The van der Waals surface area contributed by atoms with E-state index in [9.17, 15) is 0 Å². The van der Waals surface area contributed by atoms with E-state index in [1.165, 1.54) is 12.8 Å². The van der Waals surface area contributed by atoms with Crippen molar-refractivity contribution in [3.05, 3.63) is 35.9 Å². The highest BCUT2D eigenvalue weighted by Gasteiger charge is 2.15. The fourth-order valence-corrected chi connectivity index (χ4v) is 2.53. The monoisotopic (exact) mass is 300 g/mol. The van der Waals surface area contributed by atoms with Crippen molar-refractivity contribution in [1.82, 2.24) is 14.8 Å². The van der Waals surface area contributed by atoms with Crippen molar-refractivity contribution in [3.63, 3.8) is 0 Å². The van der Waals surface area contributed by atoms with Crippen molar-refractivity contribution in [1.29, 1.82) is 0 Å². The highest BCUT2D eigenvalue weighted by molar-refractivity contribution is 5.92. The molecule has 0 amide bonds. The predicted molar refractivity (Wildman–Crippen MR) is 84.9 cm³/mol. The number of ether oxygens (including phenoxy) is 1. The molecule has 0 spiro atoms. The standard InChI is InChI=1S/C15H20N6O/c1-22-12-6-4-5-11(9-12)18-15(16)17-10-14-20-19-13-7-2-3-8-21(13)14/h4-6,9H,2-3,7-8,10H2,1H3,(H3,16,17,18). The van der Waals surface area contributed by atoms with Crippen LogP contribution in [0.3, 0.4) is 0 Å². The summed E-state index contributed by atoms with van der Waals surface area (Å²) in [5.41, 5.74) is 6.77. The van der Waals surface area contributed by atoms with E-state index >= 15 is 0 Å². The van der Waals surface area contributed by atoms with Crippen LogP contribution in [0, 0.1) is 0 Å². The summed E-state index contributed by atoms with van der Waals surface area (Å²) in [6.45, 7) is 1.40. The van der Waals surface area contributed by atoms with E-state index in [2.05, 4.69) is 25.1 Å². The summed E-state index contributed by atoms with van der Waals surface area (Å²) in [6.07, 6.45) is 3.34. The van der Waals surface area contributed by atoms with Crippen molar-refractivity contribution in [2.45, 2.75) is 32.4 Å². The molecule has 0 aliphatic carbocycles. The molecule has 3 N–H and O–H groups in total. The van der Waals surface area contributed by atoms with Gasteiger partial charge in [-0.05, 0) is 25.0 Å². The lowest BCUT2D eigenvalue weighted by Crippen LogP contribution is -2.23. The Balaban J connectivity index is 1.66. The van der Waals surface area contributed by atoms with Crippen molar-refractivity contribution >= 4 is 11.6 Å². The highest BCUT2D eigenvalue weighted by Crippen LogP contribution is 2.17. The molecule has 1 aromatic heterocycles. The third-order valence-corrected chi connectivity index (χ3v) is 3.67. The first kappa shape index (κ1) is 14.4. The first-order valence-corrected chi connectivity index (χ1v) is 7.38. The van der Waals surface area contributed by atoms with Gasteiger partial charge >= 0.3 is 0 Å². The van der Waals surface area contributed by atoms with Crippen LogP contribution in [0.1, 0.15) is 24.5 Å². The van der Waals surface area contributed by atoms with Gasteiger partial charge in [0.25, 0.3) is 0 Å². The van der Waals surface area contributed by atoms with Crippen LogP contribution in [0.5, 0.6) is 5.75 Å². The quantitative estimate of drug-likeness (QED) is 0.660. The van der Waals surface area contributed by atoms with E-state index in [1.807, 2.05) is 24.3 Å². The number of aromatic nitrogens is 3. The lowest BCUT2D eigenvalue weighted by molar-refractivity contribution is 0.415. The largest absolute Gasteiger partial charge is 0.497 e. The molecular weight excluding hydrogens is 280 g/mol. The minimum atomic E-state index is 0.349. The maximum Gasteiger partial charge on any atom is 0.193 e. The summed E-state index contributed by atoms with van der Waals surface area (Å²) < 4.78 is 7.32. The van der Waals surface area contributed by atoms with E-state index < -0.39 is 0 Å². The summed E-state index contributed by atoms with van der Waals surface area (Å²) in [6, 6.07) is 7.54. The van der Waals surface area contributed by atoms with Gasteiger partial charge in [-0.15, -0.1) is 10.2 Å². The molecular formula is C15H20N6O. The van der Waals surface area contributed by atoms with Gasteiger partial charge in [0.05, 0.1) is 7.11 Å². The van der Waals surface area contributed by atoms with Gasteiger partial charge in [0, 0.05) is 24.7 Å². The molecule has 2 aromatic rings. The average Bonchev–Trinajstić information content (AvgIpc) is 2.96. The Morgan fingerprint density at radius 3 is 3.18 bits per heavy atom. The maximum absolute atomic E-state index is 5.93. The molecule has 0 radical (unpaired) electrons. The Labute approximate surface area is 129 Å². The Morgan fingerprint density at radius 1 is 1.41 bits per heavy atom. The molecule has 7 heteroatoms. The molecule has 22 heavy (non-hydrogen) atoms. The second-order valence-corrected chi connectivity index (χ2v) is 5.20. The molecule has 1 aromatic carbocycles. The molecule has 1 aliphatic rings. The van der Waals surface area contributed by atoms with Gasteiger partial charge in [0.2, 0.25) is 0 Å². The smallest absolute Gasteiger partial charge is 0.193 e. The van der Waals surface area contributed by atoms with Gasteiger partial charge in [-0.25, -0.2) is 4.99 Å². The second-order valence-electron chi connectivity index (χ2n) is 5.20. The lowest BCUT2D eigenvalue weighted by atomic mass is 10.2. The third-order valence-electron chi connectivity index (χ3n) is 3.67. The van der Waals surface area contributed by atoms with Gasteiger partial charge in [-0.1, -0.05) is 6.07 Å². The van der Waals surface area contributed by atoms with Crippen LogP contribution in [0.4, 0.5) is 5.69 Å². The molecule has 0 bridgehead atoms. The number of fused-ring (bicyclic) bond motifs is 1. The zero-order valence-electron chi connectivity index (χ0n) is 12.6. The zero-order valence-corrected chi connectivity index (χ0v) is 12.6.